The highest BCUT2D eigenvalue weighted by molar-refractivity contribution is 6.05. The Labute approximate surface area is 182 Å². The number of benzene rings is 1. The number of aliphatic hydroxyl groups is 1. The number of aliphatic hydroxyl groups excluding tert-OH is 1. The first-order valence-corrected chi connectivity index (χ1v) is 10.4. The van der Waals surface area contributed by atoms with Gasteiger partial charge in [0.15, 0.2) is 5.75 Å². The lowest BCUT2D eigenvalue weighted by atomic mass is 9.87. The molecule has 7 nitrogen and oxygen atoms in total. The zero-order valence-corrected chi connectivity index (χ0v) is 17.4. The van der Waals surface area contributed by atoms with E-state index in [0.717, 1.165) is 25.7 Å². The molecule has 10 heteroatoms. The lowest BCUT2D eigenvalue weighted by Crippen LogP contribution is -2.20. The molecule has 0 radical (unpaired) electrons. The Morgan fingerprint density at radius 2 is 2.00 bits per heavy atom. The molecule has 4 rings (SSSR count). The van der Waals surface area contributed by atoms with E-state index in [1.165, 1.54) is 18.2 Å². The second-order valence-corrected chi connectivity index (χ2v) is 8.04. The second-order valence-electron chi connectivity index (χ2n) is 8.04. The number of nitrogens with zero attached hydrogens (tertiary/aromatic N) is 3. The van der Waals surface area contributed by atoms with Gasteiger partial charge in [0, 0.05) is 30.0 Å². The summed E-state index contributed by atoms with van der Waals surface area (Å²) in [5, 5.41) is 16.8. The minimum atomic E-state index is -4.93. The van der Waals surface area contributed by atoms with Crippen molar-refractivity contribution in [2.24, 2.45) is 5.92 Å². The van der Waals surface area contributed by atoms with Crippen LogP contribution in [0.5, 0.6) is 5.75 Å². The molecule has 1 aliphatic carbocycles. The number of anilines is 1. The normalized spacial score (nSPS) is 19.2. The smallest absolute Gasteiger partial charge is 0.403 e. The number of pyridine rings is 1. The summed E-state index contributed by atoms with van der Waals surface area (Å²) >= 11 is 0. The maximum atomic E-state index is 13.0. The number of carbonyl (C=O) groups is 1. The minimum Gasteiger partial charge on any atom is -0.403 e. The van der Waals surface area contributed by atoms with Gasteiger partial charge in [-0.1, -0.05) is 6.07 Å². The van der Waals surface area contributed by atoms with Crippen molar-refractivity contribution in [3.05, 3.63) is 47.9 Å². The van der Waals surface area contributed by atoms with Gasteiger partial charge in [-0.25, -0.2) is 4.98 Å². The Kier molecular flexibility index (Phi) is 6.05. The highest BCUT2D eigenvalue weighted by atomic mass is 19.4. The number of fused-ring (bicyclic) bond motifs is 1. The fraction of sp³-hybridized carbons (Fsp3) is 0.409. The molecule has 0 aliphatic heterocycles. The molecule has 170 valence electrons. The number of carbonyl (C=O) groups excluding carboxylic acids is 1. The van der Waals surface area contributed by atoms with Crippen LogP contribution in [0.15, 0.2) is 36.5 Å². The molecule has 1 amide bonds. The SMILES string of the molecule is Cc1cccc(C(=O)Nc2cc3cn([C@H]4CC[C@H](CO)CC4)nc3cc2OC(F)(F)F)n1. The van der Waals surface area contributed by atoms with Crippen LogP contribution in [0.2, 0.25) is 0 Å². The van der Waals surface area contributed by atoms with Crippen LogP contribution in [0.1, 0.15) is 47.9 Å². The molecule has 32 heavy (non-hydrogen) atoms. The van der Waals surface area contributed by atoms with Crippen molar-refractivity contribution >= 4 is 22.5 Å². The van der Waals surface area contributed by atoms with Crippen LogP contribution in [0.25, 0.3) is 10.9 Å². The fourth-order valence-corrected chi connectivity index (χ4v) is 4.01. The summed E-state index contributed by atoms with van der Waals surface area (Å²) in [4.78, 5) is 16.7. The van der Waals surface area contributed by atoms with Crippen LogP contribution in [-0.2, 0) is 0 Å². The number of nitrogens with one attached hydrogen (secondary N) is 1. The van der Waals surface area contributed by atoms with E-state index in [2.05, 4.69) is 20.1 Å². The van der Waals surface area contributed by atoms with Gasteiger partial charge >= 0.3 is 6.36 Å². The van der Waals surface area contributed by atoms with Crippen molar-refractivity contribution in [3.63, 3.8) is 0 Å². The third kappa shape index (κ3) is 5.01. The number of hydrogen-bond donors (Lipinski definition) is 2. The summed E-state index contributed by atoms with van der Waals surface area (Å²) in [5.41, 5.74) is 0.906. The van der Waals surface area contributed by atoms with Gasteiger partial charge in [-0.2, -0.15) is 5.10 Å². The predicted molar refractivity (Wildman–Crippen MR) is 111 cm³/mol. The second kappa shape index (κ2) is 8.78. The van der Waals surface area contributed by atoms with Crippen LogP contribution in [0.4, 0.5) is 18.9 Å². The first-order valence-electron chi connectivity index (χ1n) is 10.4. The van der Waals surface area contributed by atoms with E-state index in [-0.39, 0.29) is 29.9 Å². The van der Waals surface area contributed by atoms with Gasteiger partial charge in [0.2, 0.25) is 0 Å². The van der Waals surface area contributed by atoms with Gasteiger partial charge in [0.1, 0.15) is 5.69 Å². The maximum Gasteiger partial charge on any atom is 0.573 e. The number of rotatable bonds is 5. The summed E-state index contributed by atoms with van der Waals surface area (Å²) in [5.74, 6) is -0.907. The molecule has 3 aromatic rings. The number of aryl methyl sites for hydroxylation is 1. The summed E-state index contributed by atoms with van der Waals surface area (Å²) < 4.78 is 44.9. The number of hydrogen-bond acceptors (Lipinski definition) is 5. The zero-order chi connectivity index (χ0) is 22.9. The average molecular weight is 448 g/mol. The fourth-order valence-electron chi connectivity index (χ4n) is 4.01. The van der Waals surface area contributed by atoms with Crippen LogP contribution in [-0.4, -0.2) is 38.7 Å². The molecule has 0 spiro atoms. The van der Waals surface area contributed by atoms with Crippen LogP contribution >= 0.6 is 0 Å². The lowest BCUT2D eigenvalue weighted by Gasteiger charge is -2.27. The van der Waals surface area contributed by atoms with E-state index >= 15 is 0 Å². The summed E-state index contributed by atoms with van der Waals surface area (Å²) in [7, 11) is 0. The highest BCUT2D eigenvalue weighted by Crippen LogP contribution is 2.36. The number of amides is 1. The Balaban J connectivity index is 1.65. The Morgan fingerprint density at radius 1 is 1.25 bits per heavy atom. The molecule has 2 aromatic heterocycles. The van der Waals surface area contributed by atoms with Crippen molar-refractivity contribution in [1.29, 1.82) is 0 Å². The average Bonchev–Trinajstić information content (AvgIpc) is 3.15. The van der Waals surface area contributed by atoms with Gasteiger partial charge in [0.05, 0.1) is 17.2 Å². The van der Waals surface area contributed by atoms with E-state index < -0.39 is 18.0 Å². The van der Waals surface area contributed by atoms with Gasteiger partial charge < -0.3 is 15.2 Å². The van der Waals surface area contributed by atoms with Crippen LogP contribution < -0.4 is 10.1 Å². The third-order valence-electron chi connectivity index (χ3n) is 5.67. The topological polar surface area (TPSA) is 89.3 Å². The molecule has 1 aromatic carbocycles. The molecule has 0 bridgehead atoms. The van der Waals surface area contributed by atoms with Crippen molar-refractivity contribution in [3.8, 4) is 5.75 Å². The first kappa shape index (κ1) is 22.1. The molecule has 2 N–H and O–H groups in total. The molecule has 1 aliphatic rings. The minimum absolute atomic E-state index is 0.0828. The van der Waals surface area contributed by atoms with Crippen molar-refractivity contribution < 1.29 is 27.8 Å². The van der Waals surface area contributed by atoms with Gasteiger partial charge in [-0.05, 0) is 56.7 Å². The predicted octanol–water partition coefficient (Wildman–Crippen LogP) is 4.61. The highest BCUT2D eigenvalue weighted by Gasteiger charge is 2.33. The van der Waals surface area contributed by atoms with E-state index in [1.807, 2.05) is 0 Å². The van der Waals surface area contributed by atoms with E-state index in [1.54, 1.807) is 29.9 Å². The maximum absolute atomic E-state index is 13.0. The summed E-state index contributed by atoms with van der Waals surface area (Å²) in [6.07, 6.45) is 0.216. The third-order valence-corrected chi connectivity index (χ3v) is 5.67. The van der Waals surface area contributed by atoms with Crippen LogP contribution in [0, 0.1) is 12.8 Å². The van der Waals surface area contributed by atoms with Gasteiger partial charge in [0.25, 0.3) is 5.91 Å². The lowest BCUT2D eigenvalue weighted by molar-refractivity contribution is -0.274. The Bertz CT molecular complexity index is 1120. The first-order chi connectivity index (χ1) is 15.2. The van der Waals surface area contributed by atoms with Crippen molar-refractivity contribution in [2.75, 3.05) is 11.9 Å². The zero-order valence-electron chi connectivity index (χ0n) is 17.4. The molecule has 1 fully saturated rings. The number of alkyl halides is 3. The summed E-state index contributed by atoms with van der Waals surface area (Å²) in [6.45, 7) is 1.87. The van der Waals surface area contributed by atoms with Gasteiger partial charge in [-0.15, -0.1) is 13.2 Å². The number of ether oxygens (including phenoxy) is 1. The van der Waals surface area contributed by atoms with E-state index in [9.17, 15) is 23.1 Å². The summed E-state index contributed by atoms with van der Waals surface area (Å²) in [6, 6.07) is 7.54. The quantitative estimate of drug-likeness (QED) is 0.595. The van der Waals surface area contributed by atoms with E-state index in [0.29, 0.717) is 16.6 Å². The standard InChI is InChI=1S/C22H23F3N4O3/c1-13-3-2-4-17(26-13)21(31)27-19-9-15-11-29(16-7-5-14(12-30)6-8-16)28-18(15)10-20(19)32-22(23,24)25/h2-4,9-11,14,16,30H,5-8,12H2,1H3,(H,27,31)/t14-,16-. The molecule has 0 atom stereocenters. The van der Waals surface area contributed by atoms with Crippen molar-refractivity contribution in [2.45, 2.75) is 45.0 Å². The largest absolute Gasteiger partial charge is 0.573 e. The molecular formula is C22H23F3N4O3. The monoisotopic (exact) mass is 448 g/mol. The molecule has 0 unspecified atom stereocenters. The number of aromatic nitrogens is 3. The van der Waals surface area contributed by atoms with Crippen LogP contribution in [0.3, 0.4) is 0 Å². The number of halogens is 3. The van der Waals surface area contributed by atoms with E-state index in [4.69, 9.17) is 0 Å². The van der Waals surface area contributed by atoms with Gasteiger partial charge in [-0.3, -0.25) is 9.48 Å². The Hall–Kier alpha value is -3.14. The van der Waals surface area contributed by atoms with Crippen molar-refractivity contribution in [1.82, 2.24) is 14.8 Å². The molecule has 2 heterocycles. The molecular weight excluding hydrogens is 425 g/mol. The molecule has 1 saturated carbocycles. The Morgan fingerprint density at radius 3 is 2.66 bits per heavy atom. The molecule has 0 saturated heterocycles.